The van der Waals surface area contributed by atoms with Crippen LogP contribution in [0.25, 0.3) is 0 Å². The highest BCUT2D eigenvalue weighted by atomic mass is 32.1. The lowest BCUT2D eigenvalue weighted by atomic mass is 10.1. The third-order valence-electron chi connectivity index (χ3n) is 3.26. The summed E-state index contributed by atoms with van der Waals surface area (Å²) in [5.41, 5.74) is 0. The minimum Gasteiger partial charge on any atom is -0.299 e. The zero-order chi connectivity index (χ0) is 13.1. The van der Waals surface area contributed by atoms with Crippen molar-refractivity contribution in [3.05, 3.63) is 22.4 Å². The Morgan fingerprint density at radius 2 is 1.72 bits per heavy atom. The molecule has 1 aromatic rings. The van der Waals surface area contributed by atoms with E-state index < -0.39 is 0 Å². The highest BCUT2D eigenvalue weighted by Crippen LogP contribution is 2.13. The van der Waals surface area contributed by atoms with Crippen LogP contribution in [-0.4, -0.2) is 5.78 Å². The van der Waals surface area contributed by atoms with Crippen LogP contribution in [0, 0.1) is 0 Å². The Balaban J connectivity index is 1.90. The van der Waals surface area contributed by atoms with E-state index in [9.17, 15) is 4.79 Å². The number of ketones is 1. The summed E-state index contributed by atoms with van der Waals surface area (Å²) in [4.78, 5) is 12.9. The van der Waals surface area contributed by atoms with Crippen LogP contribution < -0.4 is 0 Å². The van der Waals surface area contributed by atoms with Gasteiger partial charge in [0.2, 0.25) is 0 Å². The van der Waals surface area contributed by atoms with Gasteiger partial charge in [0.25, 0.3) is 0 Å². The number of thiophene rings is 1. The Hall–Kier alpha value is -0.630. The van der Waals surface area contributed by atoms with Gasteiger partial charge in [-0.2, -0.15) is 0 Å². The number of hydrogen-bond acceptors (Lipinski definition) is 2. The molecule has 0 aliphatic heterocycles. The highest BCUT2D eigenvalue weighted by Gasteiger charge is 2.04. The Kier molecular flexibility index (Phi) is 8.83. The summed E-state index contributed by atoms with van der Waals surface area (Å²) in [6.07, 6.45) is 11.8. The topological polar surface area (TPSA) is 17.1 Å². The van der Waals surface area contributed by atoms with E-state index in [2.05, 4.69) is 13.0 Å². The Morgan fingerprint density at radius 1 is 1.06 bits per heavy atom. The number of carbonyl (C=O) groups excluding carboxylic acids is 1. The molecule has 0 amide bonds. The van der Waals surface area contributed by atoms with Crippen molar-refractivity contribution in [3.63, 3.8) is 0 Å². The number of unbranched alkanes of at least 4 members (excludes halogenated alkanes) is 7. The Morgan fingerprint density at radius 3 is 2.33 bits per heavy atom. The minimum absolute atomic E-state index is 0.406. The predicted molar refractivity (Wildman–Crippen MR) is 80.3 cm³/mol. The smallest absolute Gasteiger partial charge is 0.138 e. The molecular formula is C16H26OS. The normalized spacial score (nSPS) is 10.7. The molecule has 0 atom stereocenters. The van der Waals surface area contributed by atoms with E-state index in [0.717, 1.165) is 12.8 Å². The van der Waals surface area contributed by atoms with Crippen molar-refractivity contribution in [1.82, 2.24) is 0 Å². The Labute approximate surface area is 116 Å². The SMILES string of the molecule is CCCCCCCCCCC(=O)Cc1cccs1. The third kappa shape index (κ3) is 7.65. The molecule has 1 rings (SSSR count). The van der Waals surface area contributed by atoms with Crippen LogP contribution in [0.2, 0.25) is 0 Å². The molecule has 2 heteroatoms. The van der Waals surface area contributed by atoms with Crippen molar-refractivity contribution >= 4 is 17.1 Å². The summed E-state index contributed by atoms with van der Waals surface area (Å²) in [5, 5.41) is 2.04. The second-order valence-corrected chi connectivity index (χ2v) is 6.05. The number of rotatable bonds is 11. The molecule has 0 spiro atoms. The molecule has 0 saturated heterocycles. The fraction of sp³-hybridized carbons (Fsp3) is 0.688. The predicted octanol–water partition coefficient (Wildman–Crippen LogP) is 5.39. The first kappa shape index (κ1) is 15.4. The van der Waals surface area contributed by atoms with E-state index in [-0.39, 0.29) is 0 Å². The van der Waals surface area contributed by atoms with Crippen LogP contribution in [0.15, 0.2) is 17.5 Å². The molecule has 1 heterocycles. The maximum Gasteiger partial charge on any atom is 0.138 e. The van der Waals surface area contributed by atoms with E-state index >= 15 is 0 Å². The van der Waals surface area contributed by atoms with Gasteiger partial charge >= 0.3 is 0 Å². The third-order valence-corrected chi connectivity index (χ3v) is 4.14. The first-order valence-electron chi connectivity index (χ1n) is 7.37. The number of Topliss-reactive ketones (excluding diaryl/α,β-unsaturated/α-hetero) is 1. The van der Waals surface area contributed by atoms with Gasteiger partial charge in [-0.05, 0) is 17.9 Å². The fourth-order valence-corrected chi connectivity index (χ4v) is 2.89. The van der Waals surface area contributed by atoms with Gasteiger partial charge in [0.15, 0.2) is 0 Å². The average Bonchev–Trinajstić information content (AvgIpc) is 2.85. The first-order valence-corrected chi connectivity index (χ1v) is 8.25. The molecular weight excluding hydrogens is 240 g/mol. The summed E-state index contributed by atoms with van der Waals surface area (Å²) in [7, 11) is 0. The molecule has 0 radical (unpaired) electrons. The quantitative estimate of drug-likeness (QED) is 0.491. The van der Waals surface area contributed by atoms with Crippen molar-refractivity contribution in [2.45, 2.75) is 71.1 Å². The largest absolute Gasteiger partial charge is 0.299 e. The van der Waals surface area contributed by atoms with Gasteiger partial charge in [-0.1, -0.05) is 57.9 Å². The van der Waals surface area contributed by atoms with Gasteiger partial charge < -0.3 is 0 Å². The number of hydrogen-bond donors (Lipinski definition) is 0. The van der Waals surface area contributed by atoms with E-state index in [1.165, 1.54) is 49.8 Å². The molecule has 0 aliphatic carbocycles. The average molecular weight is 266 g/mol. The summed E-state index contributed by atoms with van der Waals surface area (Å²) < 4.78 is 0. The summed E-state index contributed by atoms with van der Waals surface area (Å²) in [6, 6.07) is 4.07. The van der Waals surface area contributed by atoms with Gasteiger partial charge in [0.05, 0.1) is 0 Å². The maximum atomic E-state index is 11.7. The molecule has 0 N–H and O–H groups in total. The standard InChI is InChI=1S/C16H26OS/c1-2-3-4-5-6-7-8-9-11-15(17)14-16-12-10-13-18-16/h10,12-13H,2-9,11,14H2,1H3. The lowest BCUT2D eigenvalue weighted by molar-refractivity contribution is -0.118. The van der Waals surface area contributed by atoms with Gasteiger partial charge in [-0.25, -0.2) is 0 Å². The second-order valence-electron chi connectivity index (χ2n) is 5.02. The highest BCUT2D eigenvalue weighted by molar-refractivity contribution is 7.10. The van der Waals surface area contributed by atoms with Gasteiger partial charge in [0.1, 0.15) is 5.78 Å². The van der Waals surface area contributed by atoms with Crippen LogP contribution in [0.4, 0.5) is 0 Å². The molecule has 0 aromatic carbocycles. The van der Waals surface area contributed by atoms with Crippen LogP contribution >= 0.6 is 11.3 Å². The minimum atomic E-state index is 0.406. The van der Waals surface area contributed by atoms with Crippen molar-refractivity contribution < 1.29 is 4.79 Å². The van der Waals surface area contributed by atoms with Crippen LogP contribution in [0.1, 0.15) is 69.6 Å². The molecule has 0 unspecified atom stereocenters. The molecule has 1 nitrogen and oxygen atoms in total. The zero-order valence-corrected chi connectivity index (χ0v) is 12.4. The van der Waals surface area contributed by atoms with Gasteiger partial charge in [-0.15, -0.1) is 11.3 Å². The molecule has 0 bridgehead atoms. The van der Waals surface area contributed by atoms with Crippen molar-refractivity contribution in [3.8, 4) is 0 Å². The summed E-state index contributed by atoms with van der Waals surface area (Å²) >= 11 is 1.69. The summed E-state index contributed by atoms with van der Waals surface area (Å²) in [5.74, 6) is 0.406. The maximum absolute atomic E-state index is 11.7. The monoisotopic (exact) mass is 266 g/mol. The van der Waals surface area contributed by atoms with E-state index in [1.54, 1.807) is 11.3 Å². The Bertz CT molecular complexity index is 303. The molecule has 102 valence electrons. The van der Waals surface area contributed by atoms with Crippen molar-refractivity contribution in [2.75, 3.05) is 0 Å². The van der Waals surface area contributed by atoms with Gasteiger partial charge in [-0.3, -0.25) is 4.79 Å². The number of carbonyl (C=O) groups is 1. The molecule has 18 heavy (non-hydrogen) atoms. The van der Waals surface area contributed by atoms with E-state index in [1.807, 2.05) is 11.4 Å². The summed E-state index contributed by atoms with van der Waals surface area (Å²) in [6.45, 7) is 2.25. The molecule has 0 saturated carbocycles. The second kappa shape index (κ2) is 10.3. The lowest BCUT2D eigenvalue weighted by Crippen LogP contribution is -2.00. The van der Waals surface area contributed by atoms with E-state index in [4.69, 9.17) is 0 Å². The molecule has 1 aromatic heterocycles. The van der Waals surface area contributed by atoms with Crippen LogP contribution in [-0.2, 0) is 11.2 Å². The van der Waals surface area contributed by atoms with Crippen molar-refractivity contribution in [2.24, 2.45) is 0 Å². The van der Waals surface area contributed by atoms with Crippen molar-refractivity contribution in [1.29, 1.82) is 0 Å². The molecule has 0 fully saturated rings. The zero-order valence-electron chi connectivity index (χ0n) is 11.6. The molecule has 0 aliphatic rings. The van der Waals surface area contributed by atoms with E-state index in [0.29, 0.717) is 12.2 Å². The van der Waals surface area contributed by atoms with Crippen LogP contribution in [0.5, 0.6) is 0 Å². The fourth-order valence-electron chi connectivity index (χ4n) is 2.15. The first-order chi connectivity index (χ1) is 8.83. The van der Waals surface area contributed by atoms with Crippen LogP contribution in [0.3, 0.4) is 0 Å². The lowest BCUT2D eigenvalue weighted by Gasteiger charge is -2.01. The van der Waals surface area contributed by atoms with Gasteiger partial charge in [0, 0.05) is 17.7 Å².